The molecule has 4 rings (SSSR count). The predicted molar refractivity (Wildman–Crippen MR) is 109 cm³/mol. The first-order valence-electron chi connectivity index (χ1n) is 10.1. The Bertz CT molecular complexity index is 1060. The van der Waals surface area contributed by atoms with Gasteiger partial charge < -0.3 is 4.90 Å². The van der Waals surface area contributed by atoms with Crippen LogP contribution in [0.5, 0.6) is 0 Å². The number of aryl methyl sites for hydroxylation is 1. The van der Waals surface area contributed by atoms with Crippen LogP contribution < -0.4 is 0 Å². The van der Waals surface area contributed by atoms with Crippen molar-refractivity contribution in [2.45, 2.75) is 30.3 Å². The summed E-state index contributed by atoms with van der Waals surface area (Å²) in [5.41, 5.74) is 0.999. The number of rotatable bonds is 4. The van der Waals surface area contributed by atoms with Crippen LogP contribution >= 0.6 is 0 Å². The maximum absolute atomic E-state index is 12.8. The molecule has 31 heavy (non-hydrogen) atoms. The quantitative estimate of drug-likeness (QED) is 0.712. The summed E-state index contributed by atoms with van der Waals surface area (Å²) in [6, 6.07) is 11.6. The van der Waals surface area contributed by atoms with E-state index in [0.29, 0.717) is 19.5 Å². The van der Waals surface area contributed by atoms with Crippen LogP contribution in [0.1, 0.15) is 29.0 Å². The zero-order chi connectivity index (χ0) is 22.4. The van der Waals surface area contributed by atoms with Crippen LogP contribution in [-0.2, 0) is 21.0 Å². The number of benzene rings is 2. The maximum atomic E-state index is 12.8. The van der Waals surface area contributed by atoms with Gasteiger partial charge in [-0.2, -0.15) is 17.5 Å². The highest BCUT2D eigenvalue weighted by Crippen LogP contribution is 2.49. The number of piperazine rings is 1. The van der Waals surface area contributed by atoms with Gasteiger partial charge in [0, 0.05) is 32.1 Å². The molecule has 2 atom stereocenters. The van der Waals surface area contributed by atoms with Crippen molar-refractivity contribution in [3.05, 3.63) is 65.2 Å². The second-order valence-corrected chi connectivity index (χ2v) is 10.0. The van der Waals surface area contributed by atoms with Crippen LogP contribution in [0, 0.1) is 12.8 Å². The monoisotopic (exact) mass is 452 g/mol. The van der Waals surface area contributed by atoms with Gasteiger partial charge in [-0.3, -0.25) is 4.79 Å². The fourth-order valence-corrected chi connectivity index (χ4v) is 5.42. The molecule has 1 saturated heterocycles. The van der Waals surface area contributed by atoms with Crippen LogP contribution in [0.4, 0.5) is 13.2 Å². The normalized spacial score (nSPS) is 22.4. The second-order valence-electron chi connectivity index (χ2n) is 8.11. The number of alkyl halides is 3. The van der Waals surface area contributed by atoms with E-state index in [2.05, 4.69) is 0 Å². The molecule has 0 radical (unpaired) electrons. The van der Waals surface area contributed by atoms with E-state index in [4.69, 9.17) is 0 Å². The minimum absolute atomic E-state index is 0.0581. The van der Waals surface area contributed by atoms with Gasteiger partial charge in [-0.25, -0.2) is 8.42 Å². The van der Waals surface area contributed by atoms with Gasteiger partial charge >= 0.3 is 6.18 Å². The number of carbonyl (C=O) groups is 1. The summed E-state index contributed by atoms with van der Waals surface area (Å²) in [4.78, 5) is 14.7. The van der Waals surface area contributed by atoms with E-state index >= 15 is 0 Å². The van der Waals surface area contributed by atoms with E-state index in [1.807, 2.05) is 6.92 Å². The summed E-state index contributed by atoms with van der Waals surface area (Å²) >= 11 is 0. The molecule has 1 amide bonds. The van der Waals surface area contributed by atoms with E-state index < -0.39 is 21.8 Å². The highest BCUT2D eigenvalue weighted by molar-refractivity contribution is 7.89. The molecule has 166 valence electrons. The SMILES string of the molecule is Cc1ccc(S(=O)(=O)N2CCN(C(=O)C3CC3c3ccc(C(F)(F)F)cc3)CC2)cc1. The zero-order valence-corrected chi connectivity index (χ0v) is 17.8. The smallest absolute Gasteiger partial charge is 0.340 e. The number of halogens is 3. The summed E-state index contributed by atoms with van der Waals surface area (Å²) in [7, 11) is -3.60. The molecule has 2 aromatic carbocycles. The molecule has 5 nitrogen and oxygen atoms in total. The van der Waals surface area contributed by atoms with Gasteiger partial charge in [-0.05, 0) is 49.1 Å². The summed E-state index contributed by atoms with van der Waals surface area (Å²) in [5.74, 6) is -0.390. The Balaban J connectivity index is 1.34. The van der Waals surface area contributed by atoms with Crippen molar-refractivity contribution in [3.63, 3.8) is 0 Å². The number of hydrogen-bond acceptors (Lipinski definition) is 3. The lowest BCUT2D eigenvalue weighted by molar-refractivity contribution is -0.137. The Morgan fingerprint density at radius 2 is 1.52 bits per heavy atom. The molecule has 2 aliphatic rings. The Hall–Kier alpha value is -2.39. The van der Waals surface area contributed by atoms with Gasteiger partial charge in [0.2, 0.25) is 15.9 Å². The Morgan fingerprint density at radius 1 is 0.935 bits per heavy atom. The lowest BCUT2D eigenvalue weighted by Gasteiger charge is -2.34. The molecule has 1 heterocycles. The Kier molecular flexibility index (Phi) is 5.59. The van der Waals surface area contributed by atoms with Gasteiger partial charge in [0.05, 0.1) is 10.5 Å². The molecule has 1 aliphatic heterocycles. The molecule has 2 unspecified atom stereocenters. The molecular formula is C22H23F3N2O3S. The van der Waals surface area contributed by atoms with Crippen molar-refractivity contribution in [2.24, 2.45) is 5.92 Å². The highest BCUT2D eigenvalue weighted by Gasteiger charge is 2.46. The van der Waals surface area contributed by atoms with E-state index in [1.165, 1.54) is 16.4 Å². The predicted octanol–water partition coefficient (Wildman–Crippen LogP) is 3.65. The third-order valence-electron chi connectivity index (χ3n) is 5.98. The Morgan fingerprint density at radius 3 is 2.06 bits per heavy atom. The van der Waals surface area contributed by atoms with Crippen LogP contribution in [0.2, 0.25) is 0 Å². The van der Waals surface area contributed by atoms with Crippen LogP contribution in [0.25, 0.3) is 0 Å². The van der Waals surface area contributed by atoms with Gasteiger partial charge in [0.15, 0.2) is 0 Å². The molecule has 9 heteroatoms. The van der Waals surface area contributed by atoms with Crippen molar-refractivity contribution in [3.8, 4) is 0 Å². The molecule has 1 saturated carbocycles. The third-order valence-corrected chi connectivity index (χ3v) is 7.90. The first-order chi connectivity index (χ1) is 14.6. The summed E-state index contributed by atoms with van der Waals surface area (Å²) in [6.07, 6.45) is -3.78. The van der Waals surface area contributed by atoms with Gasteiger partial charge in [-0.15, -0.1) is 0 Å². The molecule has 0 aromatic heterocycles. The van der Waals surface area contributed by atoms with E-state index in [1.54, 1.807) is 29.2 Å². The zero-order valence-electron chi connectivity index (χ0n) is 17.0. The van der Waals surface area contributed by atoms with Crippen LogP contribution in [0.15, 0.2) is 53.4 Å². The number of nitrogens with zero attached hydrogens (tertiary/aromatic N) is 2. The van der Waals surface area contributed by atoms with Crippen molar-refractivity contribution in [2.75, 3.05) is 26.2 Å². The van der Waals surface area contributed by atoms with Crippen molar-refractivity contribution >= 4 is 15.9 Å². The van der Waals surface area contributed by atoms with Crippen LogP contribution in [0.3, 0.4) is 0 Å². The molecule has 2 aromatic rings. The van der Waals surface area contributed by atoms with E-state index in [-0.39, 0.29) is 35.7 Å². The maximum Gasteiger partial charge on any atom is 0.416 e. The minimum Gasteiger partial charge on any atom is -0.340 e. The Labute approximate surface area is 179 Å². The summed E-state index contributed by atoms with van der Waals surface area (Å²) in [6.45, 7) is 2.94. The van der Waals surface area contributed by atoms with Gasteiger partial charge in [0.1, 0.15) is 0 Å². The lowest BCUT2D eigenvalue weighted by Crippen LogP contribution is -2.51. The number of amides is 1. The first kappa shape index (κ1) is 21.8. The topological polar surface area (TPSA) is 57.7 Å². The molecule has 2 fully saturated rings. The number of hydrogen-bond donors (Lipinski definition) is 0. The molecule has 0 spiro atoms. The van der Waals surface area contributed by atoms with Crippen molar-refractivity contribution < 1.29 is 26.4 Å². The molecule has 0 N–H and O–H groups in total. The summed E-state index contributed by atoms with van der Waals surface area (Å²) in [5, 5.41) is 0. The van der Waals surface area contributed by atoms with Gasteiger partial charge in [0.25, 0.3) is 0 Å². The fraction of sp³-hybridized carbons (Fsp3) is 0.409. The molecule has 0 bridgehead atoms. The lowest BCUT2D eigenvalue weighted by atomic mass is 10.1. The van der Waals surface area contributed by atoms with Gasteiger partial charge in [-0.1, -0.05) is 29.8 Å². The average molecular weight is 452 g/mol. The average Bonchev–Trinajstić information content (AvgIpc) is 3.54. The second kappa shape index (κ2) is 7.94. The molecular weight excluding hydrogens is 429 g/mol. The standard InChI is InChI=1S/C22H23F3N2O3S/c1-15-2-8-18(9-3-15)31(29,30)27-12-10-26(11-13-27)21(28)20-14-19(20)16-4-6-17(7-5-16)22(23,24)25/h2-9,19-20H,10-14H2,1H3. The molecule has 1 aliphatic carbocycles. The van der Waals surface area contributed by atoms with Crippen LogP contribution in [-0.4, -0.2) is 49.7 Å². The fourth-order valence-electron chi connectivity index (χ4n) is 4.00. The number of sulfonamides is 1. The first-order valence-corrected chi connectivity index (χ1v) is 11.5. The van der Waals surface area contributed by atoms with Crippen molar-refractivity contribution in [1.82, 2.24) is 9.21 Å². The number of carbonyl (C=O) groups excluding carboxylic acids is 1. The van der Waals surface area contributed by atoms with Crippen molar-refractivity contribution in [1.29, 1.82) is 0 Å². The summed E-state index contributed by atoms with van der Waals surface area (Å²) < 4.78 is 65.1. The van der Waals surface area contributed by atoms with E-state index in [9.17, 15) is 26.4 Å². The highest BCUT2D eigenvalue weighted by atomic mass is 32.2. The third kappa shape index (κ3) is 4.48. The van der Waals surface area contributed by atoms with E-state index in [0.717, 1.165) is 23.3 Å². The largest absolute Gasteiger partial charge is 0.416 e. The minimum atomic E-state index is -4.38.